The van der Waals surface area contributed by atoms with Crippen molar-refractivity contribution in [2.45, 2.75) is 12.8 Å². The average molecular weight is 402 g/mol. The van der Waals surface area contributed by atoms with Crippen LogP contribution in [-0.2, 0) is 0 Å². The van der Waals surface area contributed by atoms with Crippen molar-refractivity contribution >= 4 is 17.5 Å². The maximum absolute atomic E-state index is 14.6. The summed E-state index contributed by atoms with van der Waals surface area (Å²) in [4.78, 5) is 27.3. The molecule has 30 heavy (non-hydrogen) atoms. The SMILES string of the molecule is O=C(Nc1ccc(F)c(-c2ccn3c(-c4ccccn4)cnc3n2)c1)N1CCCC1. The molecule has 3 aromatic heterocycles. The van der Waals surface area contributed by atoms with Crippen molar-refractivity contribution in [3.05, 3.63) is 66.9 Å². The zero-order chi connectivity index (χ0) is 20.5. The van der Waals surface area contributed by atoms with Crippen LogP contribution in [-0.4, -0.2) is 43.4 Å². The second-order valence-corrected chi connectivity index (χ2v) is 7.16. The monoisotopic (exact) mass is 402 g/mol. The number of amides is 2. The van der Waals surface area contributed by atoms with Gasteiger partial charge in [-0.1, -0.05) is 6.07 Å². The first-order chi connectivity index (χ1) is 14.7. The lowest BCUT2D eigenvalue weighted by Gasteiger charge is -2.16. The van der Waals surface area contributed by atoms with Crippen LogP contribution in [0.3, 0.4) is 0 Å². The summed E-state index contributed by atoms with van der Waals surface area (Å²) in [6, 6.07) is 11.7. The summed E-state index contributed by atoms with van der Waals surface area (Å²) in [6.07, 6.45) is 7.22. The minimum Gasteiger partial charge on any atom is -0.325 e. The van der Waals surface area contributed by atoms with Crippen molar-refractivity contribution in [3.8, 4) is 22.6 Å². The molecule has 8 heteroatoms. The Morgan fingerprint density at radius 1 is 1.03 bits per heavy atom. The van der Waals surface area contributed by atoms with Gasteiger partial charge in [0.05, 0.1) is 23.3 Å². The number of urea groups is 1. The van der Waals surface area contributed by atoms with Crippen molar-refractivity contribution in [2.75, 3.05) is 18.4 Å². The normalized spacial score (nSPS) is 13.7. The number of anilines is 1. The summed E-state index contributed by atoms with van der Waals surface area (Å²) in [6.45, 7) is 1.49. The number of pyridine rings is 1. The minimum atomic E-state index is -0.414. The number of nitrogens with one attached hydrogen (secondary N) is 1. The molecule has 0 unspecified atom stereocenters. The van der Waals surface area contributed by atoms with Gasteiger partial charge in [-0.25, -0.2) is 19.2 Å². The van der Waals surface area contributed by atoms with E-state index in [-0.39, 0.29) is 6.03 Å². The predicted octanol–water partition coefficient (Wildman–Crippen LogP) is 4.23. The highest BCUT2D eigenvalue weighted by Gasteiger charge is 2.19. The van der Waals surface area contributed by atoms with E-state index < -0.39 is 5.82 Å². The molecule has 0 spiro atoms. The van der Waals surface area contributed by atoms with E-state index in [1.165, 1.54) is 6.07 Å². The van der Waals surface area contributed by atoms with Crippen LogP contribution >= 0.6 is 0 Å². The number of imidazole rings is 1. The number of aromatic nitrogens is 4. The van der Waals surface area contributed by atoms with Crippen LogP contribution in [0.2, 0.25) is 0 Å². The zero-order valence-electron chi connectivity index (χ0n) is 16.1. The van der Waals surface area contributed by atoms with Crippen LogP contribution in [0.1, 0.15) is 12.8 Å². The van der Waals surface area contributed by atoms with Gasteiger partial charge in [0.1, 0.15) is 5.82 Å². The Morgan fingerprint density at radius 2 is 1.90 bits per heavy atom. The largest absolute Gasteiger partial charge is 0.325 e. The van der Waals surface area contributed by atoms with Gasteiger partial charge < -0.3 is 10.2 Å². The first-order valence-electron chi connectivity index (χ1n) is 9.80. The fraction of sp³-hybridized carbons (Fsp3) is 0.182. The molecule has 1 N–H and O–H groups in total. The number of hydrogen-bond donors (Lipinski definition) is 1. The average Bonchev–Trinajstić information content (AvgIpc) is 3.45. The molecule has 4 aromatic rings. The van der Waals surface area contributed by atoms with Crippen molar-refractivity contribution in [1.82, 2.24) is 24.3 Å². The van der Waals surface area contributed by atoms with Crippen molar-refractivity contribution in [3.63, 3.8) is 0 Å². The molecule has 0 radical (unpaired) electrons. The van der Waals surface area contributed by atoms with E-state index in [4.69, 9.17) is 0 Å². The molecule has 0 aliphatic carbocycles. The Kier molecular flexibility index (Phi) is 4.59. The molecular formula is C22H19FN6O. The number of fused-ring (bicyclic) bond motifs is 1. The lowest BCUT2D eigenvalue weighted by molar-refractivity contribution is 0.222. The third-order valence-corrected chi connectivity index (χ3v) is 5.19. The van der Waals surface area contributed by atoms with E-state index in [0.717, 1.165) is 37.3 Å². The molecule has 0 saturated carbocycles. The van der Waals surface area contributed by atoms with E-state index in [2.05, 4.69) is 20.3 Å². The fourth-order valence-corrected chi connectivity index (χ4v) is 3.65. The second-order valence-electron chi connectivity index (χ2n) is 7.16. The van der Waals surface area contributed by atoms with Gasteiger partial charge in [-0.2, -0.15) is 0 Å². The van der Waals surface area contributed by atoms with Gasteiger partial charge in [-0.3, -0.25) is 9.38 Å². The number of likely N-dealkylation sites (tertiary alicyclic amines) is 1. The number of rotatable bonds is 3. The van der Waals surface area contributed by atoms with E-state index in [1.807, 2.05) is 22.6 Å². The molecule has 1 aromatic carbocycles. The molecule has 0 atom stereocenters. The van der Waals surface area contributed by atoms with Gasteiger partial charge in [-0.05, 0) is 49.2 Å². The lowest BCUT2D eigenvalue weighted by atomic mass is 10.1. The Balaban J connectivity index is 1.47. The zero-order valence-corrected chi connectivity index (χ0v) is 16.1. The predicted molar refractivity (Wildman–Crippen MR) is 111 cm³/mol. The first-order valence-corrected chi connectivity index (χ1v) is 9.80. The third-order valence-electron chi connectivity index (χ3n) is 5.19. The van der Waals surface area contributed by atoms with E-state index >= 15 is 0 Å². The van der Waals surface area contributed by atoms with Crippen LogP contribution in [0.4, 0.5) is 14.9 Å². The van der Waals surface area contributed by atoms with E-state index in [1.54, 1.807) is 41.7 Å². The van der Waals surface area contributed by atoms with Gasteiger partial charge in [0.15, 0.2) is 0 Å². The number of halogens is 1. The summed E-state index contributed by atoms with van der Waals surface area (Å²) < 4.78 is 16.4. The van der Waals surface area contributed by atoms with Crippen LogP contribution in [0, 0.1) is 5.82 Å². The lowest BCUT2D eigenvalue weighted by Crippen LogP contribution is -2.32. The molecule has 0 bridgehead atoms. The highest BCUT2D eigenvalue weighted by atomic mass is 19.1. The summed E-state index contributed by atoms with van der Waals surface area (Å²) in [5, 5.41) is 2.85. The third kappa shape index (κ3) is 3.36. The number of nitrogens with zero attached hydrogens (tertiary/aromatic N) is 5. The maximum atomic E-state index is 14.6. The molecule has 7 nitrogen and oxygen atoms in total. The highest BCUT2D eigenvalue weighted by Crippen LogP contribution is 2.26. The van der Waals surface area contributed by atoms with E-state index in [0.29, 0.717) is 22.7 Å². The van der Waals surface area contributed by atoms with Gasteiger partial charge in [0.25, 0.3) is 0 Å². The first kappa shape index (κ1) is 18.2. The highest BCUT2D eigenvalue weighted by molar-refractivity contribution is 5.90. The molecule has 5 rings (SSSR count). The molecule has 1 aliphatic heterocycles. The van der Waals surface area contributed by atoms with Crippen LogP contribution < -0.4 is 5.32 Å². The van der Waals surface area contributed by atoms with Crippen LogP contribution in [0.5, 0.6) is 0 Å². The van der Waals surface area contributed by atoms with Gasteiger partial charge >= 0.3 is 6.03 Å². The van der Waals surface area contributed by atoms with Crippen LogP contribution in [0.25, 0.3) is 28.4 Å². The topological polar surface area (TPSA) is 75.4 Å². The maximum Gasteiger partial charge on any atom is 0.321 e. The van der Waals surface area contributed by atoms with Gasteiger partial charge in [0, 0.05) is 36.7 Å². The number of hydrogen-bond acceptors (Lipinski definition) is 4. The minimum absolute atomic E-state index is 0.165. The van der Waals surface area contributed by atoms with Crippen molar-refractivity contribution in [1.29, 1.82) is 0 Å². The Labute approximate surface area is 172 Å². The molecule has 2 amide bonds. The Bertz CT molecular complexity index is 1220. The standard InChI is InChI=1S/C22H19FN6O/c23-17-7-6-15(26-22(30)28-10-3-4-11-28)13-16(17)18-8-12-29-20(14-25-21(29)27-18)19-5-1-2-9-24-19/h1-2,5-9,12-14H,3-4,10-11H2,(H,26,30). The van der Waals surface area contributed by atoms with Gasteiger partial charge in [-0.15, -0.1) is 0 Å². The summed E-state index contributed by atoms with van der Waals surface area (Å²) >= 11 is 0. The van der Waals surface area contributed by atoms with Gasteiger partial charge in [0.2, 0.25) is 5.78 Å². The summed E-state index contributed by atoms with van der Waals surface area (Å²) in [5.41, 5.74) is 2.85. The second kappa shape index (κ2) is 7.55. The molecule has 1 saturated heterocycles. The molecule has 4 heterocycles. The molecular weight excluding hydrogens is 383 g/mol. The Morgan fingerprint density at radius 3 is 2.70 bits per heavy atom. The van der Waals surface area contributed by atoms with Crippen molar-refractivity contribution in [2.24, 2.45) is 0 Å². The summed E-state index contributed by atoms with van der Waals surface area (Å²) in [7, 11) is 0. The molecule has 1 fully saturated rings. The van der Waals surface area contributed by atoms with E-state index in [9.17, 15) is 9.18 Å². The summed E-state index contributed by atoms with van der Waals surface area (Å²) in [5.74, 6) is 0.0292. The van der Waals surface area contributed by atoms with Crippen LogP contribution in [0.15, 0.2) is 61.1 Å². The Hall–Kier alpha value is -3.81. The molecule has 1 aliphatic rings. The number of benzene rings is 1. The smallest absolute Gasteiger partial charge is 0.321 e. The quantitative estimate of drug-likeness (QED) is 0.557. The molecule has 150 valence electrons. The van der Waals surface area contributed by atoms with Crippen molar-refractivity contribution < 1.29 is 9.18 Å². The fourth-order valence-electron chi connectivity index (χ4n) is 3.65. The number of carbonyl (C=O) groups is 1. The number of carbonyl (C=O) groups excluding carboxylic acids is 1.